The monoisotopic (exact) mass is 1150 g/mol. The van der Waals surface area contributed by atoms with Crippen LogP contribution in [0.2, 0.25) is 0 Å². The van der Waals surface area contributed by atoms with Gasteiger partial charge in [-0.25, -0.2) is 0 Å². The summed E-state index contributed by atoms with van der Waals surface area (Å²) in [6.45, 7) is 11.0. The highest BCUT2D eigenvalue weighted by Crippen LogP contribution is 2.33. The Bertz CT molecular complexity index is 1440. The van der Waals surface area contributed by atoms with Crippen LogP contribution in [-0.2, 0) is 57.0 Å². The first-order valence-corrected chi connectivity index (χ1v) is 30.4. The zero-order chi connectivity index (χ0) is 58.9. The number of hydrogen-bond acceptors (Lipinski definition) is 21. The number of ether oxygens (including phenoxy) is 9. The van der Waals surface area contributed by atoms with Gasteiger partial charge < -0.3 is 88.6 Å². The molecular formula is C59H108O21. The van der Waals surface area contributed by atoms with E-state index in [-0.39, 0.29) is 55.9 Å². The van der Waals surface area contributed by atoms with Gasteiger partial charge in [-0.2, -0.15) is 0 Å². The minimum atomic E-state index is -1.16. The lowest BCUT2D eigenvalue weighted by atomic mass is 9.78. The summed E-state index contributed by atoms with van der Waals surface area (Å²) in [5.41, 5.74) is -0.477. The van der Waals surface area contributed by atoms with Gasteiger partial charge in [0.15, 0.2) is 24.7 Å². The maximum absolute atomic E-state index is 12.9. The van der Waals surface area contributed by atoms with Crippen molar-refractivity contribution < 1.29 is 103 Å². The molecular weight excluding hydrogens is 1040 g/mol. The number of hydrogen-bond donors (Lipinski definition) is 9. The number of rotatable bonds is 47. The highest BCUT2D eigenvalue weighted by Gasteiger charge is 2.44. The fourth-order valence-corrected chi connectivity index (χ4v) is 10.7. The van der Waals surface area contributed by atoms with Crippen molar-refractivity contribution >= 4 is 17.3 Å². The molecule has 3 saturated heterocycles. The van der Waals surface area contributed by atoms with E-state index in [0.717, 1.165) is 103 Å². The summed E-state index contributed by atoms with van der Waals surface area (Å²) in [4.78, 5) is 38.7. The van der Waals surface area contributed by atoms with Crippen LogP contribution in [-0.4, -0.2) is 216 Å². The highest BCUT2D eigenvalue weighted by molar-refractivity contribution is 5.79. The van der Waals surface area contributed by atoms with Crippen molar-refractivity contribution in [1.29, 1.82) is 0 Å². The number of Topliss-reactive ketones (excluding diaryl/α,β-unsaturated/α-hetero) is 3. The van der Waals surface area contributed by atoms with Crippen LogP contribution >= 0.6 is 0 Å². The smallest absolute Gasteiger partial charge is 0.163 e. The second kappa shape index (κ2) is 41.4. The van der Waals surface area contributed by atoms with Gasteiger partial charge in [0.1, 0.15) is 54.8 Å². The van der Waals surface area contributed by atoms with Crippen LogP contribution in [0.5, 0.6) is 0 Å². The second-order valence-electron chi connectivity index (χ2n) is 23.5. The normalized spacial score (nSPS) is 30.0. The van der Waals surface area contributed by atoms with Crippen molar-refractivity contribution in [1.82, 2.24) is 0 Å². The minimum Gasteiger partial charge on any atom is -0.394 e. The maximum Gasteiger partial charge on any atom is 0.163 e. The Kier molecular flexibility index (Phi) is 37.5. The van der Waals surface area contributed by atoms with Crippen molar-refractivity contribution in [3.8, 4) is 0 Å². The van der Waals surface area contributed by atoms with E-state index in [9.17, 15) is 60.3 Å². The molecule has 3 heterocycles. The predicted molar refractivity (Wildman–Crippen MR) is 295 cm³/mol. The summed E-state index contributed by atoms with van der Waals surface area (Å²) >= 11 is 0. The summed E-state index contributed by atoms with van der Waals surface area (Å²) in [6.07, 6.45) is 4.53. The van der Waals surface area contributed by atoms with Gasteiger partial charge >= 0.3 is 0 Å². The Hall–Kier alpha value is -1.71. The van der Waals surface area contributed by atoms with Crippen molar-refractivity contribution in [2.45, 2.75) is 250 Å². The van der Waals surface area contributed by atoms with Crippen LogP contribution in [0.1, 0.15) is 176 Å². The Balaban J connectivity index is 1.37. The number of aliphatic hydroxyl groups excluding tert-OH is 9. The van der Waals surface area contributed by atoms with Crippen LogP contribution in [0.15, 0.2) is 0 Å². The lowest BCUT2D eigenvalue weighted by molar-refractivity contribution is -0.282. The lowest BCUT2D eigenvalue weighted by Gasteiger charge is -2.40. The van der Waals surface area contributed by atoms with Crippen LogP contribution in [0.25, 0.3) is 0 Å². The van der Waals surface area contributed by atoms with Crippen molar-refractivity contribution in [3.63, 3.8) is 0 Å². The van der Waals surface area contributed by atoms with Crippen LogP contribution < -0.4 is 0 Å². The average Bonchev–Trinajstić information content (AvgIpc) is 3.44. The molecule has 0 radical (unpaired) electrons. The van der Waals surface area contributed by atoms with E-state index in [1.807, 2.05) is 0 Å². The first-order chi connectivity index (χ1) is 38.4. The minimum absolute atomic E-state index is 0.00140. The van der Waals surface area contributed by atoms with Gasteiger partial charge in [0, 0.05) is 81.7 Å². The SMILES string of the molecule is CC(C)CC(CCOCC(=O)CCCCCCCO[C@@H]1OC(CO)[C@H](O)[C@H](O)C1C)(COCCC(=O)CCCCCCCO[C@@H]1OC(CO)[C@H](O)[C@H](O)C1C)COCCC(=O)CCCCCCCO[C@@H]1OC(CO)[C@H](O)[C@H](O)C1C. The van der Waals surface area contributed by atoms with Gasteiger partial charge in [-0.1, -0.05) is 92.4 Å². The van der Waals surface area contributed by atoms with Gasteiger partial charge in [0.2, 0.25) is 0 Å². The fourth-order valence-electron chi connectivity index (χ4n) is 10.7. The van der Waals surface area contributed by atoms with E-state index in [4.69, 9.17) is 42.6 Å². The molecule has 3 aliphatic heterocycles. The highest BCUT2D eigenvalue weighted by atomic mass is 16.7. The van der Waals surface area contributed by atoms with E-state index in [2.05, 4.69) is 13.8 Å². The molecule has 0 aromatic rings. The zero-order valence-corrected chi connectivity index (χ0v) is 49.2. The summed E-state index contributed by atoms with van der Waals surface area (Å²) in [6, 6.07) is 0. The number of carbonyl (C=O) groups is 3. The van der Waals surface area contributed by atoms with Crippen molar-refractivity contribution in [3.05, 3.63) is 0 Å². The molecule has 0 amide bonds. The third-order valence-electron chi connectivity index (χ3n) is 16.0. The molecule has 3 fully saturated rings. The Labute approximate surface area is 477 Å². The predicted octanol–water partition coefficient (Wildman–Crippen LogP) is 4.24. The topological polar surface area (TPSA) is 316 Å². The van der Waals surface area contributed by atoms with Gasteiger partial charge in [-0.15, -0.1) is 0 Å². The lowest BCUT2D eigenvalue weighted by Crippen LogP contribution is -2.55. The van der Waals surface area contributed by atoms with Gasteiger partial charge in [-0.05, 0) is 57.3 Å². The van der Waals surface area contributed by atoms with Crippen LogP contribution in [0.3, 0.4) is 0 Å². The maximum atomic E-state index is 12.9. The molecule has 9 N–H and O–H groups in total. The Morgan fingerprint density at radius 1 is 0.412 bits per heavy atom. The van der Waals surface area contributed by atoms with Crippen molar-refractivity contribution in [2.75, 3.05) is 79.3 Å². The second-order valence-corrected chi connectivity index (χ2v) is 23.5. The summed E-state index contributed by atoms with van der Waals surface area (Å²) in [7, 11) is 0. The van der Waals surface area contributed by atoms with Crippen LogP contribution in [0.4, 0.5) is 0 Å². The molecule has 0 bridgehead atoms. The molecule has 21 heteroatoms. The first kappa shape index (κ1) is 72.5. The van der Waals surface area contributed by atoms with E-state index < -0.39 is 117 Å². The fraction of sp³-hybridized carbons (Fsp3) is 0.949. The Morgan fingerprint density at radius 2 is 0.738 bits per heavy atom. The van der Waals surface area contributed by atoms with Gasteiger partial charge in [-0.3, -0.25) is 14.4 Å². The zero-order valence-electron chi connectivity index (χ0n) is 49.2. The molecule has 6 unspecified atom stereocenters. The summed E-state index contributed by atoms with van der Waals surface area (Å²) < 4.78 is 52.8. The van der Waals surface area contributed by atoms with Crippen LogP contribution in [0, 0.1) is 29.1 Å². The average molecular weight is 1150 g/mol. The van der Waals surface area contributed by atoms with Crippen molar-refractivity contribution in [2.24, 2.45) is 29.1 Å². The van der Waals surface area contributed by atoms with E-state index in [1.165, 1.54) is 0 Å². The Morgan fingerprint density at radius 3 is 1.07 bits per heavy atom. The third-order valence-corrected chi connectivity index (χ3v) is 16.0. The number of aliphatic hydroxyl groups is 9. The molecule has 3 rings (SSSR count). The molecule has 21 nitrogen and oxygen atoms in total. The molecule has 0 aromatic heterocycles. The third kappa shape index (κ3) is 27.1. The quantitative estimate of drug-likeness (QED) is 0.0385. The summed E-state index contributed by atoms with van der Waals surface area (Å²) in [5, 5.41) is 89.3. The number of unbranched alkanes of at least 4 members (excludes halogenated alkanes) is 12. The van der Waals surface area contributed by atoms with Gasteiger partial charge in [0.25, 0.3) is 0 Å². The van der Waals surface area contributed by atoms with E-state index >= 15 is 0 Å². The molecule has 80 heavy (non-hydrogen) atoms. The molecule has 3 aliphatic rings. The molecule has 0 aromatic carbocycles. The van der Waals surface area contributed by atoms with E-state index in [1.54, 1.807) is 20.8 Å². The summed E-state index contributed by atoms with van der Waals surface area (Å²) in [5.74, 6) is -0.738. The van der Waals surface area contributed by atoms with Gasteiger partial charge in [0.05, 0.1) is 64.6 Å². The number of ketones is 3. The molecule has 470 valence electrons. The standard InChI is InChI=1S/C59H108O21/c1-40(2)33-59(26-32-72-37-46(65)23-17-11-8-14-20-29-77-58-43(5)52(68)55(71)49(36-62)80-58,38-73-30-24-44(63)21-15-9-6-12-18-27-75-56-41(3)50(66)53(69)47(34-60)78-56)39-74-31-25-45(64)22-16-10-7-13-19-28-76-57-42(4)51(67)54(70)48(35-61)79-57/h40-43,47-58,60-62,66-71H,6-39H2,1-5H3/t41?,42?,43?,47?,48?,49?,50-,51-,52-,53+,54+,55+,56-,57-,58-,59?/m1/s1. The number of carbonyl (C=O) groups excluding carboxylic acids is 3. The molecule has 0 spiro atoms. The first-order valence-electron chi connectivity index (χ1n) is 30.4. The molecule has 0 saturated carbocycles. The molecule has 0 aliphatic carbocycles. The van der Waals surface area contributed by atoms with E-state index in [0.29, 0.717) is 65.3 Å². The molecule has 15 atom stereocenters. The largest absolute Gasteiger partial charge is 0.394 e.